The molecule has 0 radical (unpaired) electrons. The molecule has 2 aromatic heterocycles. The summed E-state index contributed by atoms with van der Waals surface area (Å²) in [4.78, 5) is 101. The number of phenolic OH excluding ortho intramolecular Hbond substituents is 1. The third-order valence-corrected chi connectivity index (χ3v) is 17.4. The van der Waals surface area contributed by atoms with E-state index < -0.39 is 47.3 Å². The van der Waals surface area contributed by atoms with Crippen LogP contribution in [0.25, 0.3) is 10.4 Å². The van der Waals surface area contributed by atoms with Gasteiger partial charge in [-0.3, -0.25) is 39.0 Å². The number of fused-ring (bicyclic) bond motifs is 1. The number of benzene rings is 3. The number of aromatic nitrogens is 2. The van der Waals surface area contributed by atoms with E-state index in [2.05, 4.69) is 35.7 Å². The number of hydrogen-bond donors (Lipinski definition) is 5. The van der Waals surface area contributed by atoms with Crippen LogP contribution in [0.2, 0.25) is 0 Å². The number of unbranched alkanes of at least 4 members (excludes halogenated alkanes) is 3. The number of likely N-dealkylation sites (tertiary alicyclic amines) is 1. The van der Waals surface area contributed by atoms with Gasteiger partial charge in [-0.1, -0.05) is 63.9 Å². The van der Waals surface area contributed by atoms with E-state index >= 15 is 0 Å². The van der Waals surface area contributed by atoms with Crippen LogP contribution in [0.3, 0.4) is 0 Å². The van der Waals surface area contributed by atoms with Crippen LogP contribution in [0, 0.1) is 18.2 Å². The number of nitrogens with one attached hydrogen (secondary N) is 3. The summed E-state index contributed by atoms with van der Waals surface area (Å²) in [7, 11) is 0. The van der Waals surface area contributed by atoms with Crippen molar-refractivity contribution in [1.29, 1.82) is 0 Å². The lowest BCUT2D eigenvalue weighted by Crippen LogP contribution is -2.57. The van der Waals surface area contributed by atoms with E-state index in [1.165, 1.54) is 33.4 Å². The van der Waals surface area contributed by atoms with Crippen molar-refractivity contribution in [1.82, 2.24) is 40.2 Å². The molecule has 5 aromatic rings. The van der Waals surface area contributed by atoms with E-state index in [4.69, 9.17) is 0 Å². The number of amides is 6. The minimum Gasteiger partial charge on any atom is -0.508 e. The standard InChI is InChI=1S/C58H71FN10O8S2/c1-36-51(79-35-62-36)38-13-11-37(12-14-38)32-61-53(74)46-31-43(70)34-68(46)56(77)52(58(2,3)4)63-48(72)9-7-5-6-8-10-49(73)67-26-24-66(25-27-67)41-19-22-65(23-20-41)42-17-15-39-33-69(55(76)44(39)30-42)50(45-29-40(59)16-18-47(45)71)54(75)64-57-60-21-28-78-57/h11-18,21,28-30,35,41,43,46,50,52,70-71H,5-10,19-20,22-27,31-34H2,1-4H3,(H,61,74)(H,63,72)(H,60,64,75)/t43-,46+,50?,52-/m1/s1. The molecule has 3 aromatic carbocycles. The van der Waals surface area contributed by atoms with E-state index in [1.807, 2.05) is 80.6 Å². The first-order valence-electron chi connectivity index (χ1n) is 27.4. The van der Waals surface area contributed by atoms with E-state index in [-0.39, 0.29) is 67.4 Å². The number of thiazole rings is 2. The van der Waals surface area contributed by atoms with E-state index in [0.29, 0.717) is 49.1 Å². The number of hydrogen-bond acceptors (Lipinski definition) is 14. The summed E-state index contributed by atoms with van der Waals surface area (Å²) < 4.78 is 14.5. The molecular weight excluding hydrogens is 1050 g/mol. The number of aliphatic hydroxyl groups is 1. The van der Waals surface area contributed by atoms with Gasteiger partial charge in [0.05, 0.1) is 22.2 Å². The molecule has 9 rings (SSSR count). The zero-order chi connectivity index (χ0) is 56.0. The van der Waals surface area contributed by atoms with Crippen LogP contribution in [0.15, 0.2) is 77.8 Å². The first-order valence-corrected chi connectivity index (χ1v) is 29.1. The third-order valence-electron chi connectivity index (χ3n) is 15.7. The van der Waals surface area contributed by atoms with Crippen LogP contribution in [0.1, 0.15) is 117 Å². The Morgan fingerprint density at radius 1 is 0.873 bits per heavy atom. The van der Waals surface area contributed by atoms with Crippen molar-refractivity contribution < 1.29 is 43.4 Å². The molecule has 1 unspecified atom stereocenters. The molecule has 4 aliphatic rings. The van der Waals surface area contributed by atoms with Crippen LogP contribution in [0.5, 0.6) is 5.75 Å². The summed E-state index contributed by atoms with van der Waals surface area (Å²) in [5.41, 5.74) is 6.14. The monoisotopic (exact) mass is 1120 g/mol. The Labute approximate surface area is 468 Å². The van der Waals surface area contributed by atoms with Crippen molar-refractivity contribution >= 4 is 68.9 Å². The lowest BCUT2D eigenvalue weighted by atomic mass is 9.85. The molecule has 18 nitrogen and oxygen atoms in total. The van der Waals surface area contributed by atoms with Gasteiger partial charge in [0.2, 0.25) is 23.6 Å². The Hall–Kier alpha value is -6.81. The Morgan fingerprint density at radius 3 is 2.29 bits per heavy atom. The number of anilines is 2. The number of aliphatic hydroxyl groups excluding tert-OH is 1. The first kappa shape index (κ1) is 56.9. The number of nitrogens with zero attached hydrogens (tertiary/aromatic N) is 7. The van der Waals surface area contributed by atoms with Crippen molar-refractivity contribution in [2.75, 3.05) is 56.0 Å². The fraction of sp³-hybridized carbons (Fsp3) is 0.483. The SMILES string of the molecule is Cc1ncsc1-c1ccc(CNC(=O)[C@@H]2C[C@@H](O)CN2C(=O)[C@@H](NC(=O)CCCCCCC(=O)N2CCN(C3CCN(c4ccc5c(c4)C(=O)N(C(C(=O)Nc4nccs4)c4cc(F)ccc4O)C5)CC3)CC2)C(C)(C)C)cc1. The molecule has 3 saturated heterocycles. The van der Waals surface area contributed by atoms with Crippen LogP contribution in [0.4, 0.5) is 15.2 Å². The number of aryl methyl sites for hydroxylation is 1. The topological polar surface area (TPSA) is 221 Å². The maximum atomic E-state index is 14.5. The number of carbonyl (C=O) groups excluding carboxylic acids is 6. The Bertz CT molecular complexity index is 2990. The molecule has 4 atom stereocenters. The first-order chi connectivity index (χ1) is 37.9. The van der Waals surface area contributed by atoms with Crippen molar-refractivity contribution in [3.8, 4) is 16.2 Å². The molecule has 420 valence electrons. The minimum absolute atomic E-state index is 0.000133. The van der Waals surface area contributed by atoms with Crippen molar-refractivity contribution in [2.24, 2.45) is 5.41 Å². The average molecular weight is 1120 g/mol. The maximum absolute atomic E-state index is 14.5. The summed E-state index contributed by atoms with van der Waals surface area (Å²) in [5.74, 6) is -2.82. The summed E-state index contributed by atoms with van der Waals surface area (Å²) in [5, 5.41) is 32.0. The quantitative estimate of drug-likeness (QED) is 0.0527. The highest BCUT2D eigenvalue weighted by Gasteiger charge is 2.45. The molecule has 6 heterocycles. The van der Waals surface area contributed by atoms with Gasteiger partial charge in [-0.2, -0.15) is 0 Å². The highest BCUT2D eigenvalue weighted by Crippen LogP contribution is 2.39. The van der Waals surface area contributed by atoms with E-state index in [9.17, 15) is 43.4 Å². The van der Waals surface area contributed by atoms with Gasteiger partial charge >= 0.3 is 0 Å². The number of piperazine rings is 1. The second-order valence-electron chi connectivity index (χ2n) is 22.2. The molecule has 79 heavy (non-hydrogen) atoms. The smallest absolute Gasteiger partial charge is 0.255 e. The summed E-state index contributed by atoms with van der Waals surface area (Å²) in [6, 6.07) is 14.3. The molecule has 0 saturated carbocycles. The minimum atomic E-state index is -1.30. The molecule has 0 aliphatic carbocycles. The fourth-order valence-corrected chi connectivity index (χ4v) is 12.6. The Kier molecular flexibility index (Phi) is 18.1. The number of rotatable bonds is 19. The number of phenols is 1. The summed E-state index contributed by atoms with van der Waals surface area (Å²) >= 11 is 2.78. The molecule has 3 fully saturated rings. The summed E-state index contributed by atoms with van der Waals surface area (Å²) in [6.45, 7) is 12.4. The van der Waals surface area contributed by atoms with Crippen molar-refractivity contribution in [3.63, 3.8) is 0 Å². The van der Waals surface area contributed by atoms with Crippen molar-refractivity contribution in [2.45, 2.75) is 129 Å². The largest absolute Gasteiger partial charge is 0.508 e. The molecule has 21 heteroatoms. The Balaban J connectivity index is 0.671. The number of halogens is 1. The Morgan fingerprint density at radius 2 is 1.61 bits per heavy atom. The van der Waals surface area contributed by atoms with Gasteiger partial charge in [0.1, 0.15) is 29.7 Å². The van der Waals surface area contributed by atoms with Crippen LogP contribution in [-0.2, 0) is 37.1 Å². The maximum Gasteiger partial charge on any atom is 0.255 e. The van der Waals surface area contributed by atoms with Gasteiger partial charge in [0.15, 0.2) is 5.13 Å². The highest BCUT2D eigenvalue weighted by atomic mass is 32.1. The molecule has 4 aliphatic heterocycles. The number of β-amino-alcohol motifs (C(OH)–C–C–N with tert-alkyl or cyclic N) is 1. The predicted molar refractivity (Wildman–Crippen MR) is 301 cm³/mol. The summed E-state index contributed by atoms with van der Waals surface area (Å²) in [6.07, 6.45) is 6.14. The lowest BCUT2D eigenvalue weighted by molar-refractivity contribution is -0.144. The van der Waals surface area contributed by atoms with E-state index in [0.717, 1.165) is 96.9 Å². The molecule has 0 bridgehead atoms. The highest BCUT2D eigenvalue weighted by molar-refractivity contribution is 7.14. The fourth-order valence-electron chi connectivity index (χ4n) is 11.3. The zero-order valence-electron chi connectivity index (χ0n) is 45.3. The normalized spacial score (nSPS) is 18.8. The van der Waals surface area contributed by atoms with Gasteiger partial charge in [-0.25, -0.2) is 14.4 Å². The third kappa shape index (κ3) is 13.6. The van der Waals surface area contributed by atoms with Gasteiger partial charge in [-0.15, -0.1) is 22.7 Å². The van der Waals surface area contributed by atoms with Crippen molar-refractivity contribution in [3.05, 3.63) is 112 Å². The van der Waals surface area contributed by atoms with E-state index in [1.54, 1.807) is 16.7 Å². The van der Waals surface area contributed by atoms with Gasteiger partial charge < -0.3 is 40.4 Å². The molecule has 6 amide bonds. The second-order valence-corrected chi connectivity index (χ2v) is 23.9. The van der Waals surface area contributed by atoms with Gasteiger partial charge in [0, 0.05) is 113 Å². The molecule has 0 spiro atoms. The molecule has 5 N–H and O–H groups in total. The lowest BCUT2D eigenvalue weighted by Gasteiger charge is -2.43. The molecular formula is C58H71FN10O8S2. The van der Waals surface area contributed by atoms with Crippen LogP contribution >= 0.6 is 22.7 Å². The van der Waals surface area contributed by atoms with Crippen LogP contribution in [-0.4, -0.2) is 145 Å². The number of piperidine rings is 1. The average Bonchev–Trinajstić information content (AvgIpc) is 4.33. The number of aromatic hydroxyl groups is 1. The van der Waals surface area contributed by atoms with Gasteiger partial charge in [-0.05, 0) is 85.0 Å². The zero-order valence-corrected chi connectivity index (χ0v) is 46.9. The predicted octanol–water partition coefficient (Wildman–Crippen LogP) is 7.02. The van der Waals surface area contributed by atoms with Crippen LogP contribution < -0.4 is 20.9 Å². The number of carbonyl (C=O) groups is 6. The van der Waals surface area contributed by atoms with Gasteiger partial charge in [0.25, 0.3) is 11.8 Å². The second kappa shape index (κ2) is 25.1.